The Hall–Kier alpha value is -3.18. The largest absolute Gasteiger partial charge is 0.358 e. The molecule has 2 aromatic rings. The molecule has 0 aliphatic carbocycles. The van der Waals surface area contributed by atoms with Gasteiger partial charge in [-0.15, -0.1) is 0 Å². The molecular weight excluding hydrogens is 274 g/mol. The van der Waals surface area contributed by atoms with E-state index < -0.39 is 10.8 Å². The van der Waals surface area contributed by atoms with Crippen LogP contribution in [0.3, 0.4) is 0 Å². The van der Waals surface area contributed by atoms with E-state index in [1.807, 2.05) is 0 Å². The predicted molar refractivity (Wildman–Crippen MR) is 75.6 cm³/mol. The van der Waals surface area contributed by atoms with Gasteiger partial charge < -0.3 is 21.2 Å². The first-order valence-corrected chi connectivity index (χ1v) is 5.91. The van der Waals surface area contributed by atoms with E-state index in [9.17, 15) is 14.9 Å². The highest BCUT2D eigenvalue weighted by molar-refractivity contribution is 6.02. The number of rotatable bonds is 3. The molecule has 0 aromatic carbocycles. The summed E-state index contributed by atoms with van der Waals surface area (Å²) in [4.78, 5) is 28.4. The Balaban J connectivity index is 2.13. The number of nitrogens with one attached hydrogen (secondary N) is 2. The minimum Gasteiger partial charge on any atom is -0.358 e. The molecule has 0 radical (unpaired) electrons. The van der Waals surface area contributed by atoms with Crippen LogP contribution in [0.2, 0.25) is 0 Å². The summed E-state index contributed by atoms with van der Waals surface area (Å²) in [6.45, 7) is 0.213. The smallest absolute Gasteiger partial charge is 0.321 e. The van der Waals surface area contributed by atoms with Gasteiger partial charge >= 0.3 is 5.82 Å². The standard InChI is InChI=1S/C13H11N5O3/c14-8-2-4-9-3-1-5-11(15-9)17-13(19)10-6-7-12(16-10)18(20)21/h1,3,5-7,16H,8,14H2,(H,15,17,19). The SMILES string of the molecule is NCC#Cc1cccc(NC(=O)c2ccc([N+](=O)[O-])[nH]2)n1. The number of aromatic amines is 1. The summed E-state index contributed by atoms with van der Waals surface area (Å²) in [7, 11) is 0. The summed E-state index contributed by atoms with van der Waals surface area (Å²) in [5.41, 5.74) is 5.81. The molecule has 2 heterocycles. The molecule has 2 rings (SSSR count). The van der Waals surface area contributed by atoms with Crippen molar-refractivity contribution < 1.29 is 9.72 Å². The van der Waals surface area contributed by atoms with Gasteiger partial charge in [-0.1, -0.05) is 12.0 Å². The number of nitro groups is 1. The zero-order valence-corrected chi connectivity index (χ0v) is 10.8. The number of nitrogens with zero attached hydrogens (tertiary/aromatic N) is 2. The highest BCUT2D eigenvalue weighted by Crippen LogP contribution is 2.12. The van der Waals surface area contributed by atoms with Gasteiger partial charge in [0, 0.05) is 6.07 Å². The summed E-state index contributed by atoms with van der Waals surface area (Å²) in [5.74, 6) is 4.91. The van der Waals surface area contributed by atoms with Gasteiger partial charge in [-0.25, -0.2) is 9.97 Å². The van der Waals surface area contributed by atoms with Crippen molar-refractivity contribution in [2.75, 3.05) is 11.9 Å². The minimum absolute atomic E-state index is 0.0712. The van der Waals surface area contributed by atoms with Crippen molar-refractivity contribution in [1.29, 1.82) is 0 Å². The lowest BCUT2D eigenvalue weighted by molar-refractivity contribution is -0.389. The highest BCUT2D eigenvalue weighted by atomic mass is 16.6. The van der Waals surface area contributed by atoms with Gasteiger partial charge in [-0.3, -0.25) is 4.79 Å². The molecule has 0 aliphatic rings. The summed E-state index contributed by atoms with van der Waals surface area (Å²) in [6, 6.07) is 7.48. The lowest BCUT2D eigenvalue weighted by Crippen LogP contribution is -2.13. The Morgan fingerprint density at radius 1 is 1.43 bits per heavy atom. The predicted octanol–water partition coefficient (Wildman–Crippen LogP) is 0.880. The molecule has 0 saturated heterocycles. The van der Waals surface area contributed by atoms with E-state index in [0.29, 0.717) is 11.5 Å². The Morgan fingerprint density at radius 3 is 2.90 bits per heavy atom. The van der Waals surface area contributed by atoms with Crippen LogP contribution in [0.1, 0.15) is 16.2 Å². The third kappa shape index (κ3) is 3.65. The maximum atomic E-state index is 11.9. The molecule has 0 atom stereocenters. The topological polar surface area (TPSA) is 127 Å². The molecule has 0 unspecified atom stereocenters. The highest BCUT2D eigenvalue weighted by Gasteiger charge is 2.15. The molecule has 0 aliphatic heterocycles. The number of carbonyl (C=O) groups excluding carboxylic acids is 1. The number of nitrogens with two attached hydrogens (primary N) is 1. The summed E-state index contributed by atoms with van der Waals surface area (Å²) in [5, 5.41) is 13.1. The van der Waals surface area contributed by atoms with Crippen LogP contribution in [0.4, 0.5) is 11.6 Å². The number of carbonyl (C=O) groups is 1. The third-order valence-corrected chi connectivity index (χ3v) is 2.42. The van der Waals surface area contributed by atoms with Crippen LogP contribution in [-0.4, -0.2) is 27.3 Å². The first kappa shape index (κ1) is 14.2. The number of aromatic nitrogens is 2. The molecule has 0 fully saturated rings. The lowest BCUT2D eigenvalue weighted by Gasteiger charge is -2.01. The first-order chi connectivity index (χ1) is 10.1. The van der Waals surface area contributed by atoms with Crippen molar-refractivity contribution in [3.8, 4) is 11.8 Å². The number of pyridine rings is 1. The normalized spacial score (nSPS) is 9.57. The zero-order chi connectivity index (χ0) is 15.2. The summed E-state index contributed by atoms with van der Waals surface area (Å²) >= 11 is 0. The molecule has 2 aromatic heterocycles. The zero-order valence-electron chi connectivity index (χ0n) is 10.8. The second kappa shape index (κ2) is 6.31. The number of hydrogen-bond acceptors (Lipinski definition) is 5. The fourth-order valence-corrected chi connectivity index (χ4v) is 1.52. The number of amides is 1. The van der Waals surface area contributed by atoms with Gasteiger partial charge in [0.25, 0.3) is 5.91 Å². The molecular formula is C13H11N5O3. The molecule has 0 bridgehead atoms. The monoisotopic (exact) mass is 285 g/mol. The molecule has 0 saturated carbocycles. The van der Waals surface area contributed by atoms with Crippen LogP contribution >= 0.6 is 0 Å². The van der Waals surface area contributed by atoms with Gasteiger partial charge in [0.1, 0.15) is 11.5 Å². The molecule has 1 amide bonds. The Kier molecular flexibility index (Phi) is 4.28. The average Bonchev–Trinajstić information content (AvgIpc) is 2.95. The number of anilines is 1. The Morgan fingerprint density at radius 2 is 2.24 bits per heavy atom. The number of hydrogen-bond donors (Lipinski definition) is 3. The molecule has 8 heteroatoms. The van der Waals surface area contributed by atoms with E-state index in [1.54, 1.807) is 18.2 Å². The number of H-pyrrole nitrogens is 1. The van der Waals surface area contributed by atoms with Crippen LogP contribution in [0, 0.1) is 22.0 Å². The van der Waals surface area contributed by atoms with Crippen LogP contribution in [0.25, 0.3) is 0 Å². The fourth-order valence-electron chi connectivity index (χ4n) is 1.52. The minimum atomic E-state index is -0.613. The van der Waals surface area contributed by atoms with Crippen molar-refractivity contribution in [2.45, 2.75) is 0 Å². The van der Waals surface area contributed by atoms with E-state index in [2.05, 4.69) is 27.1 Å². The first-order valence-electron chi connectivity index (χ1n) is 5.91. The third-order valence-electron chi connectivity index (χ3n) is 2.42. The summed E-state index contributed by atoms with van der Waals surface area (Å²) in [6.07, 6.45) is 0. The van der Waals surface area contributed by atoms with Gasteiger partial charge in [-0.05, 0) is 29.0 Å². The van der Waals surface area contributed by atoms with E-state index in [-0.39, 0.29) is 18.1 Å². The quantitative estimate of drug-likeness (QED) is 0.438. The molecule has 4 N–H and O–H groups in total. The average molecular weight is 285 g/mol. The van der Waals surface area contributed by atoms with Crippen LogP contribution < -0.4 is 11.1 Å². The van der Waals surface area contributed by atoms with Crippen LogP contribution in [-0.2, 0) is 0 Å². The molecule has 106 valence electrons. The van der Waals surface area contributed by atoms with E-state index in [4.69, 9.17) is 5.73 Å². The van der Waals surface area contributed by atoms with Crippen LogP contribution in [0.5, 0.6) is 0 Å². The van der Waals surface area contributed by atoms with Crippen molar-refractivity contribution in [3.63, 3.8) is 0 Å². The van der Waals surface area contributed by atoms with Gasteiger partial charge in [0.05, 0.1) is 6.54 Å². The molecule has 21 heavy (non-hydrogen) atoms. The molecule has 8 nitrogen and oxygen atoms in total. The van der Waals surface area contributed by atoms with E-state index >= 15 is 0 Å². The van der Waals surface area contributed by atoms with Crippen molar-refractivity contribution >= 4 is 17.5 Å². The van der Waals surface area contributed by atoms with E-state index in [1.165, 1.54) is 12.1 Å². The van der Waals surface area contributed by atoms with Gasteiger partial charge in [-0.2, -0.15) is 0 Å². The fraction of sp³-hybridized carbons (Fsp3) is 0.0769. The van der Waals surface area contributed by atoms with E-state index in [0.717, 1.165) is 0 Å². The van der Waals surface area contributed by atoms with Crippen molar-refractivity contribution in [3.05, 3.63) is 51.8 Å². The summed E-state index contributed by atoms with van der Waals surface area (Å²) < 4.78 is 0. The van der Waals surface area contributed by atoms with Crippen LogP contribution in [0.15, 0.2) is 30.3 Å². The van der Waals surface area contributed by atoms with Crippen molar-refractivity contribution in [2.24, 2.45) is 5.73 Å². The Bertz CT molecular complexity index is 742. The molecule has 0 spiro atoms. The second-order valence-electron chi connectivity index (χ2n) is 3.88. The van der Waals surface area contributed by atoms with Gasteiger partial charge in [0.15, 0.2) is 5.69 Å². The maximum Gasteiger partial charge on any atom is 0.321 e. The lowest BCUT2D eigenvalue weighted by atomic mass is 10.3. The van der Waals surface area contributed by atoms with Crippen molar-refractivity contribution in [1.82, 2.24) is 9.97 Å². The second-order valence-corrected chi connectivity index (χ2v) is 3.88. The Labute approximate surface area is 119 Å². The van der Waals surface area contributed by atoms with Gasteiger partial charge in [0.2, 0.25) is 0 Å². The maximum absolute atomic E-state index is 11.9.